The molecule has 1 unspecified atom stereocenters. The van der Waals surface area contributed by atoms with Crippen molar-refractivity contribution in [2.24, 2.45) is 10.7 Å². The molecule has 0 aromatic heterocycles. The van der Waals surface area contributed by atoms with Crippen LogP contribution in [0.15, 0.2) is 29.3 Å². The SMILES string of the molecule is COC(CN=C(N)NCCCN1CCOCC1)c1ccc(F)cc1.I. The van der Waals surface area contributed by atoms with E-state index in [0.717, 1.165) is 51.4 Å². The van der Waals surface area contributed by atoms with E-state index in [1.54, 1.807) is 19.2 Å². The van der Waals surface area contributed by atoms with Gasteiger partial charge in [-0.15, -0.1) is 24.0 Å². The second-order valence-corrected chi connectivity index (χ2v) is 5.74. The van der Waals surface area contributed by atoms with E-state index in [-0.39, 0.29) is 35.9 Å². The molecule has 1 saturated heterocycles. The van der Waals surface area contributed by atoms with Crippen LogP contribution in [0.25, 0.3) is 0 Å². The summed E-state index contributed by atoms with van der Waals surface area (Å²) in [5, 5.41) is 3.12. The predicted molar refractivity (Wildman–Crippen MR) is 108 cm³/mol. The van der Waals surface area contributed by atoms with Crippen LogP contribution in [0, 0.1) is 5.82 Å². The average Bonchev–Trinajstić information content (AvgIpc) is 2.61. The fourth-order valence-corrected chi connectivity index (χ4v) is 2.57. The molecule has 0 radical (unpaired) electrons. The smallest absolute Gasteiger partial charge is 0.188 e. The van der Waals surface area contributed by atoms with Crippen LogP contribution in [0.4, 0.5) is 4.39 Å². The first kappa shape index (κ1) is 22.1. The van der Waals surface area contributed by atoms with Crippen LogP contribution >= 0.6 is 24.0 Å². The molecule has 0 aliphatic carbocycles. The Morgan fingerprint density at radius 1 is 1.36 bits per heavy atom. The van der Waals surface area contributed by atoms with Gasteiger partial charge in [-0.3, -0.25) is 9.89 Å². The Kier molecular flexibility index (Phi) is 10.9. The number of hydrogen-bond acceptors (Lipinski definition) is 4. The molecule has 2 rings (SSSR count). The molecule has 1 fully saturated rings. The molecule has 1 aliphatic rings. The van der Waals surface area contributed by atoms with Gasteiger partial charge in [0.15, 0.2) is 5.96 Å². The Bertz CT molecular complexity index is 510. The van der Waals surface area contributed by atoms with Gasteiger partial charge in [0.25, 0.3) is 0 Å². The van der Waals surface area contributed by atoms with Crippen molar-refractivity contribution in [3.8, 4) is 0 Å². The summed E-state index contributed by atoms with van der Waals surface area (Å²) in [7, 11) is 1.61. The summed E-state index contributed by atoms with van der Waals surface area (Å²) < 4.78 is 23.7. The van der Waals surface area contributed by atoms with Gasteiger partial charge in [0.1, 0.15) is 11.9 Å². The van der Waals surface area contributed by atoms with Crippen LogP contribution in [0.3, 0.4) is 0 Å². The number of hydrogen-bond donors (Lipinski definition) is 2. The molecule has 0 saturated carbocycles. The van der Waals surface area contributed by atoms with Crippen LogP contribution in [0.2, 0.25) is 0 Å². The highest BCUT2D eigenvalue weighted by molar-refractivity contribution is 14.0. The van der Waals surface area contributed by atoms with E-state index in [9.17, 15) is 4.39 Å². The van der Waals surface area contributed by atoms with Gasteiger partial charge in [-0.2, -0.15) is 0 Å². The first-order chi connectivity index (χ1) is 11.7. The van der Waals surface area contributed by atoms with Gasteiger partial charge in [-0.1, -0.05) is 12.1 Å². The molecule has 8 heteroatoms. The lowest BCUT2D eigenvalue weighted by atomic mass is 10.1. The first-order valence-electron chi connectivity index (χ1n) is 8.31. The minimum atomic E-state index is -0.265. The Morgan fingerprint density at radius 2 is 2.04 bits per heavy atom. The van der Waals surface area contributed by atoms with Crippen LogP contribution in [0.1, 0.15) is 18.1 Å². The molecular formula is C17H28FIN4O2. The minimum absolute atomic E-state index is 0. The maximum atomic E-state index is 13.0. The van der Waals surface area contributed by atoms with Crippen LogP contribution in [-0.4, -0.2) is 63.9 Å². The zero-order valence-corrected chi connectivity index (χ0v) is 16.9. The first-order valence-corrected chi connectivity index (χ1v) is 8.31. The summed E-state index contributed by atoms with van der Waals surface area (Å²) >= 11 is 0. The Morgan fingerprint density at radius 3 is 2.68 bits per heavy atom. The fraction of sp³-hybridized carbons (Fsp3) is 0.588. The molecule has 1 aromatic carbocycles. The van der Waals surface area contributed by atoms with Crippen LogP contribution in [0.5, 0.6) is 0 Å². The Hall–Kier alpha value is -0.970. The van der Waals surface area contributed by atoms with Gasteiger partial charge in [0.2, 0.25) is 0 Å². The lowest BCUT2D eigenvalue weighted by Gasteiger charge is -2.26. The quantitative estimate of drug-likeness (QED) is 0.265. The van der Waals surface area contributed by atoms with Crippen molar-refractivity contribution in [2.45, 2.75) is 12.5 Å². The number of rotatable bonds is 8. The molecule has 1 aliphatic heterocycles. The van der Waals surface area contributed by atoms with Crippen molar-refractivity contribution in [1.29, 1.82) is 0 Å². The van der Waals surface area contributed by atoms with Gasteiger partial charge in [0, 0.05) is 26.7 Å². The number of benzene rings is 1. The van der Waals surface area contributed by atoms with Crippen molar-refractivity contribution in [3.05, 3.63) is 35.6 Å². The lowest BCUT2D eigenvalue weighted by molar-refractivity contribution is 0.0376. The highest BCUT2D eigenvalue weighted by atomic mass is 127. The van der Waals surface area contributed by atoms with Crippen molar-refractivity contribution in [3.63, 3.8) is 0 Å². The summed E-state index contributed by atoms with van der Waals surface area (Å²) in [6.07, 6.45) is 0.765. The van der Waals surface area contributed by atoms with E-state index in [0.29, 0.717) is 12.5 Å². The van der Waals surface area contributed by atoms with E-state index in [1.165, 1.54) is 12.1 Å². The number of methoxy groups -OCH3 is 1. The molecule has 3 N–H and O–H groups in total. The number of nitrogens with zero attached hydrogens (tertiary/aromatic N) is 2. The van der Waals surface area contributed by atoms with Crippen LogP contribution < -0.4 is 11.1 Å². The Labute approximate surface area is 166 Å². The van der Waals surface area contributed by atoms with Crippen molar-refractivity contribution >= 4 is 29.9 Å². The molecule has 142 valence electrons. The van der Waals surface area contributed by atoms with Gasteiger partial charge in [-0.05, 0) is 30.7 Å². The second-order valence-electron chi connectivity index (χ2n) is 5.74. The zero-order valence-electron chi connectivity index (χ0n) is 14.6. The van der Waals surface area contributed by atoms with E-state index in [4.69, 9.17) is 15.2 Å². The second kappa shape index (κ2) is 12.4. The standard InChI is InChI=1S/C17H27FN4O2.HI/c1-23-16(14-3-5-15(18)6-4-14)13-21-17(19)20-7-2-8-22-9-11-24-12-10-22;/h3-6,16H,2,7-13H2,1H3,(H3,19,20,21);1H. The van der Waals surface area contributed by atoms with Gasteiger partial charge >= 0.3 is 0 Å². The van der Waals surface area contributed by atoms with Crippen LogP contribution in [-0.2, 0) is 9.47 Å². The zero-order chi connectivity index (χ0) is 17.2. The normalized spacial score (nSPS) is 17.0. The van der Waals surface area contributed by atoms with E-state index in [1.807, 2.05) is 0 Å². The number of halogens is 2. The molecule has 6 nitrogen and oxygen atoms in total. The number of ether oxygens (including phenoxy) is 2. The van der Waals surface area contributed by atoms with E-state index in [2.05, 4.69) is 15.2 Å². The predicted octanol–water partition coefficient (Wildman–Crippen LogP) is 1.76. The van der Waals surface area contributed by atoms with Crippen molar-refractivity contribution < 1.29 is 13.9 Å². The molecule has 0 bridgehead atoms. The summed E-state index contributed by atoms with van der Waals surface area (Å²) in [4.78, 5) is 6.69. The van der Waals surface area contributed by atoms with E-state index >= 15 is 0 Å². The fourth-order valence-electron chi connectivity index (χ4n) is 2.57. The monoisotopic (exact) mass is 466 g/mol. The highest BCUT2D eigenvalue weighted by Crippen LogP contribution is 2.17. The maximum absolute atomic E-state index is 13.0. The summed E-state index contributed by atoms with van der Waals surface area (Å²) in [6.45, 7) is 5.83. The molecular weight excluding hydrogens is 438 g/mol. The van der Waals surface area contributed by atoms with Gasteiger partial charge in [0.05, 0.1) is 19.8 Å². The highest BCUT2D eigenvalue weighted by Gasteiger charge is 2.11. The summed E-state index contributed by atoms with van der Waals surface area (Å²) in [5.41, 5.74) is 6.77. The van der Waals surface area contributed by atoms with E-state index < -0.39 is 0 Å². The molecule has 0 spiro atoms. The van der Waals surface area contributed by atoms with Crippen molar-refractivity contribution in [2.75, 3.05) is 53.0 Å². The largest absolute Gasteiger partial charge is 0.379 e. The molecule has 0 amide bonds. The minimum Gasteiger partial charge on any atom is -0.379 e. The number of guanidine groups is 1. The third kappa shape index (κ3) is 8.30. The van der Waals surface area contributed by atoms with Gasteiger partial charge in [-0.25, -0.2) is 4.39 Å². The van der Waals surface area contributed by atoms with Gasteiger partial charge < -0.3 is 20.5 Å². The number of nitrogens with two attached hydrogens (primary N) is 1. The lowest BCUT2D eigenvalue weighted by Crippen LogP contribution is -2.39. The average molecular weight is 466 g/mol. The number of nitrogens with one attached hydrogen (secondary N) is 1. The van der Waals surface area contributed by atoms with Crippen molar-refractivity contribution in [1.82, 2.24) is 10.2 Å². The third-order valence-corrected chi connectivity index (χ3v) is 4.01. The number of morpholine rings is 1. The number of aliphatic imine (C=N–C) groups is 1. The topological polar surface area (TPSA) is 72.1 Å². The summed E-state index contributed by atoms with van der Waals surface area (Å²) in [5.74, 6) is 0.139. The molecule has 1 aromatic rings. The Balaban J connectivity index is 0.00000312. The molecule has 25 heavy (non-hydrogen) atoms. The summed E-state index contributed by atoms with van der Waals surface area (Å²) in [6, 6.07) is 6.23. The maximum Gasteiger partial charge on any atom is 0.188 e. The molecule has 1 heterocycles. The molecule has 1 atom stereocenters. The third-order valence-electron chi connectivity index (χ3n) is 4.01.